The molecule has 3 nitrogen and oxygen atoms in total. The molecule has 0 bridgehead atoms. The topological polar surface area (TPSA) is 63.3 Å². The molecule has 0 rings (SSSR count). The Labute approximate surface area is 76.7 Å². The van der Waals surface area contributed by atoms with Gasteiger partial charge in [-0.15, -0.1) is 0 Å². The molecular formula is C5H10AuNO2S. The van der Waals surface area contributed by atoms with Crippen molar-refractivity contribution in [3.05, 3.63) is 0 Å². The molecule has 0 amide bonds. The monoisotopic (exact) mass is 345 g/mol. The van der Waals surface area contributed by atoms with E-state index in [0.717, 1.165) is 5.75 Å². The Morgan fingerprint density at radius 1 is 1.90 bits per heavy atom. The summed E-state index contributed by atoms with van der Waals surface area (Å²) in [6.07, 6.45) is 1.93. The van der Waals surface area contributed by atoms with Gasteiger partial charge in [0.1, 0.15) is 0 Å². The van der Waals surface area contributed by atoms with Crippen molar-refractivity contribution in [3.63, 3.8) is 0 Å². The average Bonchev–Trinajstić information content (AvgIpc) is 1.87. The minimum absolute atomic E-state index is 0.00694. The van der Waals surface area contributed by atoms with Crippen molar-refractivity contribution >= 4 is 17.7 Å². The summed E-state index contributed by atoms with van der Waals surface area (Å²) >= 11 is 3.84. The number of carbonyl (C=O) groups is 1. The van der Waals surface area contributed by atoms with E-state index in [1.165, 1.54) is 0 Å². The van der Waals surface area contributed by atoms with Gasteiger partial charge in [0.15, 0.2) is 0 Å². The van der Waals surface area contributed by atoms with Crippen molar-refractivity contribution in [2.75, 3.05) is 12.0 Å². The van der Waals surface area contributed by atoms with Crippen LogP contribution < -0.4 is 5.73 Å². The zero-order chi connectivity index (χ0) is 8.15. The molecule has 0 saturated carbocycles. The quantitative estimate of drug-likeness (QED) is 0.710. The maximum atomic E-state index is 10.3. The number of hydrogen-bond acceptors (Lipinski definition) is 3. The molecule has 0 aromatic rings. The van der Waals surface area contributed by atoms with Crippen molar-refractivity contribution in [2.24, 2.45) is 5.73 Å². The number of aliphatic carboxylic acids is 1. The van der Waals surface area contributed by atoms with Gasteiger partial charge in [-0.3, -0.25) is 0 Å². The van der Waals surface area contributed by atoms with Gasteiger partial charge in [-0.25, -0.2) is 0 Å². The van der Waals surface area contributed by atoms with Crippen LogP contribution in [0.1, 0.15) is 0 Å². The van der Waals surface area contributed by atoms with Crippen molar-refractivity contribution in [3.8, 4) is 0 Å². The fourth-order valence-electron chi connectivity index (χ4n) is 0.394. The van der Waals surface area contributed by atoms with Crippen LogP contribution in [0, 0.1) is 0 Å². The van der Waals surface area contributed by atoms with Crippen LogP contribution in [0.2, 0.25) is 4.14 Å². The van der Waals surface area contributed by atoms with E-state index in [1.807, 2.05) is 6.26 Å². The van der Waals surface area contributed by atoms with Crippen LogP contribution in [0.5, 0.6) is 0 Å². The molecule has 0 radical (unpaired) electrons. The predicted molar refractivity (Wildman–Crippen MR) is 37.7 cm³/mol. The van der Waals surface area contributed by atoms with Gasteiger partial charge < -0.3 is 0 Å². The Kier molecular flexibility index (Phi) is 5.48. The minimum atomic E-state index is -0.929. The first-order chi connectivity index (χ1) is 4.59. The molecule has 0 aliphatic carbocycles. The number of hydrogen-bond donors (Lipinski definition) is 2. The second kappa shape index (κ2) is 5.21. The van der Waals surface area contributed by atoms with E-state index < -0.39 is 12.0 Å². The van der Waals surface area contributed by atoms with Crippen molar-refractivity contribution in [2.45, 2.75) is 10.2 Å². The Morgan fingerprint density at radius 3 is 2.70 bits per heavy atom. The second-order valence-electron chi connectivity index (χ2n) is 1.78. The molecule has 0 spiro atoms. The van der Waals surface area contributed by atoms with Crippen LogP contribution >= 0.6 is 11.8 Å². The van der Waals surface area contributed by atoms with Crippen LogP contribution in [-0.2, 0) is 25.9 Å². The molecule has 0 saturated heterocycles. The average molecular weight is 345 g/mol. The Balaban J connectivity index is 3.69. The number of carboxylic acid groups (broad SMARTS) is 1. The molecule has 10 heavy (non-hydrogen) atoms. The van der Waals surface area contributed by atoms with Gasteiger partial charge >= 0.3 is 76.6 Å². The van der Waals surface area contributed by atoms with E-state index in [-0.39, 0.29) is 4.14 Å². The molecule has 0 aliphatic heterocycles. The van der Waals surface area contributed by atoms with E-state index in [0.29, 0.717) is 0 Å². The molecule has 64 valence electrons. The summed E-state index contributed by atoms with van der Waals surface area (Å²) in [6.45, 7) is 0. The summed E-state index contributed by atoms with van der Waals surface area (Å²) in [5.41, 5.74) is 5.32. The van der Waals surface area contributed by atoms with Gasteiger partial charge in [0.05, 0.1) is 0 Å². The normalized spacial score (nSPS) is 16.4. The molecule has 0 aliphatic rings. The Hall–Kier alpha value is 0.520. The fraction of sp³-hybridized carbons (Fsp3) is 0.800. The zero-order valence-electron chi connectivity index (χ0n) is 5.50. The van der Waals surface area contributed by atoms with Gasteiger partial charge in [0.25, 0.3) is 0 Å². The predicted octanol–water partition coefficient (Wildman–Crippen LogP) is 0.0966. The van der Waals surface area contributed by atoms with Crippen molar-refractivity contribution in [1.29, 1.82) is 0 Å². The molecule has 0 heterocycles. The number of carboxylic acids is 1. The van der Waals surface area contributed by atoms with Gasteiger partial charge in [-0.05, 0) is 0 Å². The summed E-state index contributed by atoms with van der Waals surface area (Å²) in [6, 6.07) is -0.740. The zero-order valence-corrected chi connectivity index (χ0v) is 8.49. The Morgan fingerprint density at radius 2 is 2.40 bits per heavy atom. The van der Waals surface area contributed by atoms with Crippen molar-refractivity contribution < 1.29 is 31.0 Å². The number of thioether (sulfide) groups is 1. The maximum absolute atomic E-state index is 10.3. The molecule has 5 heteroatoms. The molecule has 3 N–H and O–H groups in total. The standard InChI is InChI=1S/C5H10NO2S.Au/c1-9-3-2-4(6)5(7)8;/h2,4H,3,6H2,1H3,(H,7,8);/t4-;/m0./s1. The van der Waals surface area contributed by atoms with Gasteiger partial charge in [-0.1, -0.05) is 0 Å². The third-order valence-corrected chi connectivity index (χ3v) is 3.45. The van der Waals surface area contributed by atoms with E-state index >= 15 is 0 Å². The molecule has 0 aromatic carbocycles. The van der Waals surface area contributed by atoms with Crippen molar-refractivity contribution in [1.82, 2.24) is 0 Å². The molecule has 0 aromatic heterocycles. The van der Waals surface area contributed by atoms with Crippen LogP contribution in [-0.4, -0.2) is 29.1 Å². The first-order valence-corrected chi connectivity index (χ1v) is 5.31. The molecular weight excluding hydrogens is 335 g/mol. The molecule has 1 unspecified atom stereocenters. The third kappa shape index (κ3) is 3.63. The fourth-order valence-corrected chi connectivity index (χ4v) is 2.29. The van der Waals surface area contributed by atoms with Gasteiger partial charge in [-0.2, -0.15) is 0 Å². The van der Waals surface area contributed by atoms with E-state index in [2.05, 4.69) is 21.1 Å². The van der Waals surface area contributed by atoms with E-state index in [9.17, 15) is 4.79 Å². The number of nitrogens with two attached hydrogens (primary N) is 1. The first-order valence-electron chi connectivity index (χ1n) is 2.66. The third-order valence-electron chi connectivity index (χ3n) is 0.961. The summed E-state index contributed by atoms with van der Waals surface area (Å²) in [5, 5.41) is 8.44. The summed E-state index contributed by atoms with van der Waals surface area (Å²) in [4.78, 5) is 10.3. The van der Waals surface area contributed by atoms with Crippen LogP contribution in [0.3, 0.4) is 0 Å². The molecule has 2 atom stereocenters. The van der Waals surface area contributed by atoms with E-state index in [4.69, 9.17) is 10.8 Å². The van der Waals surface area contributed by atoms with Crippen LogP contribution in [0.15, 0.2) is 0 Å². The van der Waals surface area contributed by atoms with E-state index in [1.54, 1.807) is 11.8 Å². The van der Waals surface area contributed by atoms with Crippen LogP contribution in [0.25, 0.3) is 0 Å². The summed E-state index contributed by atoms with van der Waals surface area (Å²) in [7, 11) is 0. The second-order valence-corrected chi connectivity index (χ2v) is 4.30. The SMILES string of the molecule is CSC[CH]([Au])[C@H](N)C(=O)O. The van der Waals surface area contributed by atoms with Crippen LogP contribution in [0.4, 0.5) is 0 Å². The number of rotatable bonds is 4. The summed E-state index contributed by atoms with van der Waals surface area (Å²) < 4.78 is -0.00694. The summed E-state index contributed by atoms with van der Waals surface area (Å²) in [5.74, 6) is -0.155. The Bertz CT molecular complexity index is 122. The molecule has 0 fully saturated rings. The van der Waals surface area contributed by atoms with Gasteiger partial charge in [0, 0.05) is 0 Å². The van der Waals surface area contributed by atoms with Gasteiger partial charge in [0.2, 0.25) is 0 Å². The first kappa shape index (κ1) is 10.5.